The molecule has 1 saturated carbocycles. The maximum absolute atomic E-state index is 12.0. The van der Waals surface area contributed by atoms with Crippen molar-refractivity contribution >= 4 is 35.2 Å². The Hall–Kier alpha value is -1.20. The summed E-state index contributed by atoms with van der Waals surface area (Å²) in [5.74, 6) is 1.02. The topological polar surface area (TPSA) is 72.2 Å². The first-order valence-corrected chi connectivity index (χ1v) is 8.41. The van der Waals surface area contributed by atoms with Crippen molar-refractivity contribution in [2.75, 3.05) is 11.5 Å². The molecule has 21 heavy (non-hydrogen) atoms. The maximum Gasteiger partial charge on any atom is 0.230 e. The summed E-state index contributed by atoms with van der Waals surface area (Å²) in [4.78, 5) is 22.7. The highest BCUT2D eigenvalue weighted by Crippen LogP contribution is 2.47. The van der Waals surface area contributed by atoms with Crippen LogP contribution in [-0.4, -0.2) is 23.3 Å². The smallest absolute Gasteiger partial charge is 0.230 e. The number of halogens is 1. The van der Waals surface area contributed by atoms with Crippen molar-refractivity contribution in [2.24, 2.45) is 17.6 Å². The van der Waals surface area contributed by atoms with Gasteiger partial charge in [0.25, 0.3) is 0 Å². The van der Waals surface area contributed by atoms with Gasteiger partial charge in [0.1, 0.15) is 0 Å². The summed E-state index contributed by atoms with van der Waals surface area (Å²) in [6.45, 7) is 2.18. The third-order valence-corrected chi connectivity index (χ3v) is 4.83. The van der Waals surface area contributed by atoms with Crippen molar-refractivity contribution in [1.82, 2.24) is 5.32 Å². The summed E-state index contributed by atoms with van der Waals surface area (Å²) in [5, 5.41) is 3.75. The van der Waals surface area contributed by atoms with Gasteiger partial charge in [-0.1, -0.05) is 30.7 Å². The van der Waals surface area contributed by atoms with E-state index in [0.717, 1.165) is 12.0 Å². The molecule has 2 amide bonds. The number of thioether (sulfide) groups is 1. The van der Waals surface area contributed by atoms with Gasteiger partial charge in [-0.15, -0.1) is 11.8 Å². The van der Waals surface area contributed by atoms with E-state index in [1.807, 2.05) is 24.3 Å². The average Bonchev–Trinajstić information content (AvgIpc) is 3.13. The first kappa shape index (κ1) is 16.2. The van der Waals surface area contributed by atoms with Gasteiger partial charge in [0, 0.05) is 5.02 Å². The summed E-state index contributed by atoms with van der Waals surface area (Å²) in [5.41, 5.74) is 6.13. The van der Waals surface area contributed by atoms with Crippen molar-refractivity contribution < 1.29 is 9.59 Å². The van der Waals surface area contributed by atoms with Gasteiger partial charge in [0.15, 0.2) is 0 Å². The number of primary amides is 1. The molecule has 0 unspecified atom stereocenters. The molecule has 3 N–H and O–H groups in total. The van der Waals surface area contributed by atoms with Crippen LogP contribution in [-0.2, 0) is 9.59 Å². The Balaban J connectivity index is 1.95. The van der Waals surface area contributed by atoms with Gasteiger partial charge in [-0.25, -0.2) is 0 Å². The highest BCUT2D eigenvalue weighted by Gasteiger charge is 2.40. The molecular formula is C15H19ClN2O2S. The summed E-state index contributed by atoms with van der Waals surface area (Å²) in [6.07, 6.45) is 1.11. The summed E-state index contributed by atoms with van der Waals surface area (Å²) < 4.78 is 0. The molecule has 0 bridgehead atoms. The van der Waals surface area contributed by atoms with Crippen molar-refractivity contribution in [3.05, 3.63) is 34.9 Å². The summed E-state index contributed by atoms with van der Waals surface area (Å²) in [6, 6.07) is 7.60. The molecule has 6 heteroatoms. The fraction of sp³-hybridized carbons (Fsp3) is 0.467. The standard InChI is InChI=1S/C15H19ClN2O2S/c1-9-6-12(9)15(10-2-4-11(16)5-3-10)18-14(20)8-21-7-13(17)19/h2-5,9,12,15H,6-8H2,1H3,(H2,17,19)(H,18,20)/t9-,12+,15+/m1/s1. The average molecular weight is 327 g/mol. The van der Waals surface area contributed by atoms with Gasteiger partial charge >= 0.3 is 0 Å². The molecule has 3 atom stereocenters. The molecule has 114 valence electrons. The molecule has 1 aliphatic carbocycles. The zero-order valence-electron chi connectivity index (χ0n) is 11.8. The van der Waals surface area contributed by atoms with E-state index in [1.165, 1.54) is 11.8 Å². The number of carbonyl (C=O) groups excluding carboxylic acids is 2. The Morgan fingerprint density at radius 2 is 2.00 bits per heavy atom. The number of rotatable bonds is 7. The molecule has 1 aromatic carbocycles. The molecule has 0 spiro atoms. The predicted molar refractivity (Wildman–Crippen MR) is 86.1 cm³/mol. The van der Waals surface area contributed by atoms with Gasteiger partial charge in [-0.05, 0) is 36.0 Å². The van der Waals surface area contributed by atoms with E-state index in [-0.39, 0.29) is 23.5 Å². The fourth-order valence-electron chi connectivity index (χ4n) is 2.38. The minimum atomic E-state index is -0.405. The minimum absolute atomic E-state index is 0.0129. The SMILES string of the molecule is C[C@@H]1C[C@@H]1[C@@H](NC(=O)CSCC(N)=O)c1ccc(Cl)cc1. The van der Waals surface area contributed by atoms with Crippen LogP contribution < -0.4 is 11.1 Å². The van der Waals surface area contributed by atoms with E-state index in [4.69, 9.17) is 17.3 Å². The van der Waals surface area contributed by atoms with Crippen LogP contribution in [0.1, 0.15) is 24.9 Å². The van der Waals surface area contributed by atoms with E-state index in [1.54, 1.807) is 0 Å². The lowest BCUT2D eigenvalue weighted by atomic mass is 10.0. The van der Waals surface area contributed by atoms with Gasteiger partial charge in [0.05, 0.1) is 17.5 Å². The molecule has 0 saturated heterocycles. The number of hydrogen-bond donors (Lipinski definition) is 2. The number of nitrogens with two attached hydrogens (primary N) is 1. The molecule has 0 aromatic heterocycles. The first-order chi connectivity index (χ1) is 9.97. The van der Waals surface area contributed by atoms with Crippen molar-refractivity contribution in [3.63, 3.8) is 0 Å². The molecular weight excluding hydrogens is 308 g/mol. The zero-order valence-corrected chi connectivity index (χ0v) is 13.4. The second-order valence-corrected chi connectivity index (χ2v) is 6.85. The van der Waals surface area contributed by atoms with Crippen molar-refractivity contribution in [3.8, 4) is 0 Å². The predicted octanol–water partition coefficient (Wildman–Crippen LogP) is 2.37. The van der Waals surface area contributed by atoms with Crippen molar-refractivity contribution in [1.29, 1.82) is 0 Å². The number of hydrogen-bond acceptors (Lipinski definition) is 3. The quantitative estimate of drug-likeness (QED) is 0.808. The van der Waals surface area contributed by atoms with Crippen LogP contribution in [0.5, 0.6) is 0 Å². The first-order valence-electron chi connectivity index (χ1n) is 6.88. The van der Waals surface area contributed by atoms with Crippen LogP contribution >= 0.6 is 23.4 Å². The monoisotopic (exact) mass is 326 g/mol. The Labute approximate surface area is 133 Å². The van der Waals surface area contributed by atoms with Crippen LogP contribution in [0, 0.1) is 11.8 Å². The van der Waals surface area contributed by atoms with Crippen LogP contribution in [0.15, 0.2) is 24.3 Å². The molecule has 1 aromatic rings. The number of carbonyl (C=O) groups is 2. The van der Waals surface area contributed by atoms with E-state index in [9.17, 15) is 9.59 Å². The third kappa shape index (κ3) is 4.93. The van der Waals surface area contributed by atoms with Gasteiger partial charge in [-0.3, -0.25) is 9.59 Å². The largest absolute Gasteiger partial charge is 0.369 e. The lowest BCUT2D eigenvalue weighted by molar-refractivity contribution is -0.119. The van der Waals surface area contributed by atoms with Crippen LogP contribution in [0.2, 0.25) is 5.02 Å². The Kier molecular flexibility index (Phi) is 5.53. The summed E-state index contributed by atoms with van der Waals surface area (Å²) >= 11 is 7.14. The molecule has 4 nitrogen and oxygen atoms in total. The minimum Gasteiger partial charge on any atom is -0.369 e. The van der Waals surface area contributed by atoms with Crippen LogP contribution in [0.3, 0.4) is 0 Å². The Morgan fingerprint density at radius 1 is 1.38 bits per heavy atom. The number of amides is 2. The van der Waals surface area contributed by atoms with E-state index in [0.29, 0.717) is 16.9 Å². The summed E-state index contributed by atoms with van der Waals surface area (Å²) in [7, 11) is 0. The second-order valence-electron chi connectivity index (χ2n) is 5.43. The zero-order chi connectivity index (χ0) is 15.4. The fourth-order valence-corrected chi connectivity index (χ4v) is 3.08. The second kappa shape index (κ2) is 7.18. The van der Waals surface area contributed by atoms with Gasteiger partial charge in [0.2, 0.25) is 11.8 Å². The molecule has 2 rings (SSSR count). The van der Waals surface area contributed by atoms with Crippen molar-refractivity contribution in [2.45, 2.75) is 19.4 Å². The van der Waals surface area contributed by atoms with Gasteiger partial charge in [-0.2, -0.15) is 0 Å². The molecule has 0 radical (unpaired) electrons. The highest BCUT2D eigenvalue weighted by molar-refractivity contribution is 8.00. The van der Waals surface area contributed by atoms with E-state index < -0.39 is 5.91 Å². The molecule has 1 aliphatic rings. The Morgan fingerprint density at radius 3 is 2.52 bits per heavy atom. The third-order valence-electron chi connectivity index (χ3n) is 3.62. The lowest BCUT2D eigenvalue weighted by Crippen LogP contribution is -2.32. The molecule has 1 fully saturated rings. The molecule has 0 aliphatic heterocycles. The van der Waals surface area contributed by atoms with E-state index in [2.05, 4.69) is 12.2 Å². The highest BCUT2D eigenvalue weighted by atomic mass is 35.5. The van der Waals surface area contributed by atoms with E-state index >= 15 is 0 Å². The normalized spacial score (nSPS) is 21.6. The van der Waals surface area contributed by atoms with Crippen LogP contribution in [0.25, 0.3) is 0 Å². The van der Waals surface area contributed by atoms with Gasteiger partial charge < -0.3 is 11.1 Å². The van der Waals surface area contributed by atoms with Crippen LogP contribution in [0.4, 0.5) is 0 Å². The number of benzene rings is 1. The maximum atomic E-state index is 12.0. The number of nitrogens with one attached hydrogen (secondary N) is 1. The lowest BCUT2D eigenvalue weighted by Gasteiger charge is -2.19. The Bertz CT molecular complexity index is 521. The molecule has 0 heterocycles.